The first-order chi connectivity index (χ1) is 17.0. The molecular formula is C27H31N5O3. The van der Waals surface area contributed by atoms with Crippen LogP contribution in [0.5, 0.6) is 0 Å². The third-order valence-corrected chi connectivity index (χ3v) is 7.25. The predicted molar refractivity (Wildman–Crippen MR) is 135 cm³/mol. The van der Waals surface area contributed by atoms with E-state index in [1.54, 1.807) is 23.4 Å². The second kappa shape index (κ2) is 9.90. The van der Waals surface area contributed by atoms with Crippen LogP contribution in [0.1, 0.15) is 77.0 Å². The van der Waals surface area contributed by atoms with Gasteiger partial charge in [0.2, 0.25) is 5.43 Å². The maximum absolute atomic E-state index is 13.5. The Balaban J connectivity index is 1.37. The molecule has 3 aromatic rings. The summed E-state index contributed by atoms with van der Waals surface area (Å²) >= 11 is 0. The molecule has 5 rings (SSSR count). The molecule has 0 unspecified atom stereocenters. The highest BCUT2D eigenvalue weighted by Gasteiger charge is 2.30. The Hall–Kier alpha value is -3.68. The number of rotatable bonds is 6. The first-order valence-corrected chi connectivity index (χ1v) is 12.4. The number of nitrogens with one attached hydrogen (secondary N) is 2. The van der Waals surface area contributed by atoms with E-state index in [-0.39, 0.29) is 35.5 Å². The summed E-state index contributed by atoms with van der Waals surface area (Å²) in [5, 5.41) is 2.68. The minimum absolute atomic E-state index is 0.0155. The Morgan fingerprint density at radius 3 is 2.51 bits per heavy atom. The van der Waals surface area contributed by atoms with Crippen molar-refractivity contribution in [3.63, 3.8) is 0 Å². The van der Waals surface area contributed by atoms with Crippen LogP contribution >= 0.6 is 0 Å². The Bertz CT molecular complexity index is 1280. The number of amides is 2. The van der Waals surface area contributed by atoms with E-state index in [0.717, 1.165) is 55.4 Å². The summed E-state index contributed by atoms with van der Waals surface area (Å²) in [5.74, 6) is 0.406. The predicted octanol–water partition coefficient (Wildman–Crippen LogP) is 3.78. The summed E-state index contributed by atoms with van der Waals surface area (Å²) in [5.41, 5.74) is 1.54. The SMILES string of the molecule is C=CCNC(=O)c1cn(C2CCCC2)cc(C(=O)N2CCC(c3nc4ccccc4[nH]3)CC2)c1=O. The summed E-state index contributed by atoms with van der Waals surface area (Å²) in [6.45, 7) is 4.95. The van der Waals surface area contributed by atoms with Crippen molar-refractivity contribution < 1.29 is 9.59 Å². The van der Waals surface area contributed by atoms with Crippen LogP contribution in [-0.2, 0) is 0 Å². The Morgan fingerprint density at radius 1 is 1.09 bits per heavy atom. The number of likely N-dealkylation sites (tertiary alicyclic amines) is 1. The highest BCUT2D eigenvalue weighted by atomic mass is 16.2. The maximum Gasteiger partial charge on any atom is 0.259 e. The largest absolute Gasteiger partial charge is 0.349 e. The summed E-state index contributed by atoms with van der Waals surface area (Å²) < 4.78 is 1.91. The van der Waals surface area contributed by atoms with Gasteiger partial charge in [0, 0.05) is 44.0 Å². The lowest BCUT2D eigenvalue weighted by Gasteiger charge is -2.31. The van der Waals surface area contributed by atoms with Crippen LogP contribution in [0.15, 0.2) is 54.1 Å². The van der Waals surface area contributed by atoms with Crippen molar-refractivity contribution in [3.05, 3.63) is 76.5 Å². The average molecular weight is 474 g/mol. The van der Waals surface area contributed by atoms with Crippen LogP contribution in [0.25, 0.3) is 11.0 Å². The molecule has 182 valence electrons. The molecule has 8 heteroatoms. The van der Waals surface area contributed by atoms with Crippen LogP contribution in [0, 0.1) is 0 Å². The molecular weight excluding hydrogens is 442 g/mol. The third kappa shape index (κ3) is 4.65. The molecule has 0 radical (unpaired) electrons. The molecule has 2 aliphatic rings. The molecule has 1 aromatic carbocycles. The minimum atomic E-state index is -0.509. The molecule has 2 aromatic heterocycles. The number of pyridine rings is 1. The van der Waals surface area contributed by atoms with Gasteiger partial charge in [-0.2, -0.15) is 0 Å². The maximum atomic E-state index is 13.5. The van der Waals surface area contributed by atoms with Gasteiger partial charge >= 0.3 is 0 Å². The quantitative estimate of drug-likeness (QED) is 0.532. The highest BCUT2D eigenvalue weighted by molar-refractivity contribution is 5.99. The van der Waals surface area contributed by atoms with Gasteiger partial charge in [0.1, 0.15) is 17.0 Å². The molecule has 2 amide bonds. The monoisotopic (exact) mass is 473 g/mol. The zero-order chi connectivity index (χ0) is 24.4. The van der Waals surface area contributed by atoms with Gasteiger partial charge in [-0.25, -0.2) is 4.98 Å². The topological polar surface area (TPSA) is 100 Å². The van der Waals surface area contributed by atoms with Crippen molar-refractivity contribution in [1.82, 2.24) is 24.8 Å². The van der Waals surface area contributed by atoms with Crippen LogP contribution in [0.3, 0.4) is 0 Å². The molecule has 0 atom stereocenters. The molecule has 2 fully saturated rings. The zero-order valence-electron chi connectivity index (χ0n) is 19.8. The number of benzene rings is 1. The Labute approximate surface area is 204 Å². The molecule has 35 heavy (non-hydrogen) atoms. The average Bonchev–Trinajstić information content (AvgIpc) is 3.57. The molecule has 8 nitrogen and oxygen atoms in total. The number of carbonyl (C=O) groups excluding carboxylic acids is 2. The number of fused-ring (bicyclic) bond motifs is 1. The number of hydrogen-bond acceptors (Lipinski definition) is 4. The fraction of sp³-hybridized carbons (Fsp3) is 0.407. The van der Waals surface area contributed by atoms with Crippen molar-refractivity contribution in [1.29, 1.82) is 0 Å². The van der Waals surface area contributed by atoms with E-state index in [1.807, 2.05) is 28.8 Å². The van der Waals surface area contributed by atoms with E-state index in [4.69, 9.17) is 4.98 Å². The number of aromatic nitrogens is 3. The number of carbonyl (C=O) groups is 2. The third-order valence-electron chi connectivity index (χ3n) is 7.25. The first-order valence-electron chi connectivity index (χ1n) is 12.4. The molecule has 1 aliphatic carbocycles. The summed E-state index contributed by atoms with van der Waals surface area (Å²) in [6.07, 6.45) is 10.5. The minimum Gasteiger partial charge on any atom is -0.349 e. The van der Waals surface area contributed by atoms with Crippen molar-refractivity contribution in [2.24, 2.45) is 0 Å². The number of para-hydroxylation sites is 2. The van der Waals surface area contributed by atoms with Gasteiger partial charge in [-0.15, -0.1) is 6.58 Å². The number of aromatic amines is 1. The van der Waals surface area contributed by atoms with Crippen molar-refractivity contribution in [2.45, 2.75) is 50.5 Å². The van der Waals surface area contributed by atoms with E-state index in [1.165, 1.54) is 0 Å². The van der Waals surface area contributed by atoms with Gasteiger partial charge in [0.15, 0.2) is 0 Å². The van der Waals surface area contributed by atoms with E-state index >= 15 is 0 Å². The normalized spacial score (nSPS) is 17.1. The molecule has 1 saturated heterocycles. The van der Waals surface area contributed by atoms with Crippen molar-refractivity contribution in [2.75, 3.05) is 19.6 Å². The van der Waals surface area contributed by atoms with E-state index < -0.39 is 11.3 Å². The number of nitrogens with zero attached hydrogens (tertiary/aromatic N) is 3. The lowest BCUT2D eigenvalue weighted by molar-refractivity contribution is 0.0709. The van der Waals surface area contributed by atoms with Crippen molar-refractivity contribution >= 4 is 22.8 Å². The molecule has 3 heterocycles. The molecule has 0 bridgehead atoms. The second-order valence-corrected chi connectivity index (χ2v) is 9.50. The van der Waals surface area contributed by atoms with E-state index in [2.05, 4.69) is 16.9 Å². The van der Waals surface area contributed by atoms with Crippen LogP contribution in [0.2, 0.25) is 0 Å². The summed E-state index contributed by atoms with van der Waals surface area (Å²) in [6, 6.07) is 8.15. The van der Waals surface area contributed by atoms with Gasteiger partial charge in [0.25, 0.3) is 11.8 Å². The van der Waals surface area contributed by atoms with Crippen molar-refractivity contribution in [3.8, 4) is 0 Å². The Kier molecular flexibility index (Phi) is 6.53. The standard InChI is InChI=1S/C27H31N5O3/c1-2-13-28-26(34)20-16-32(19-7-3-4-8-19)17-21(24(20)33)27(35)31-14-11-18(12-15-31)25-29-22-9-5-6-10-23(22)30-25/h2,5-6,9-10,16-19H,1,3-4,7-8,11-15H2,(H,28,34)(H,29,30). The van der Waals surface area contributed by atoms with Gasteiger partial charge in [0.05, 0.1) is 11.0 Å². The number of piperidine rings is 1. The molecule has 1 saturated carbocycles. The highest BCUT2D eigenvalue weighted by Crippen LogP contribution is 2.30. The Morgan fingerprint density at radius 2 is 1.80 bits per heavy atom. The number of hydrogen-bond donors (Lipinski definition) is 2. The van der Waals surface area contributed by atoms with Gasteiger partial charge < -0.3 is 19.8 Å². The summed E-state index contributed by atoms with van der Waals surface area (Å²) in [4.78, 5) is 49.3. The lowest BCUT2D eigenvalue weighted by atomic mass is 9.95. The lowest BCUT2D eigenvalue weighted by Crippen LogP contribution is -2.41. The smallest absolute Gasteiger partial charge is 0.259 e. The first kappa shape index (κ1) is 23.1. The van der Waals surface area contributed by atoms with Crippen LogP contribution in [0.4, 0.5) is 0 Å². The molecule has 1 aliphatic heterocycles. The molecule has 2 N–H and O–H groups in total. The fourth-order valence-corrected chi connectivity index (χ4v) is 5.28. The number of imidazole rings is 1. The van der Waals surface area contributed by atoms with Crippen LogP contribution < -0.4 is 10.7 Å². The fourth-order valence-electron chi connectivity index (χ4n) is 5.28. The summed E-state index contributed by atoms with van der Waals surface area (Å²) in [7, 11) is 0. The van der Waals surface area contributed by atoms with Gasteiger partial charge in [-0.3, -0.25) is 14.4 Å². The van der Waals surface area contributed by atoms with Gasteiger partial charge in [-0.05, 0) is 37.8 Å². The van der Waals surface area contributed by atoms with Crippen LogP contribution in [-0.4, -0.2) is 50.9 Å². The number of H-pyrrole nitrogens is 1. The van der Waals surface area contributed by atoms with E-state index in [9.17, 15) is 14.4 Å². The molecule has 0 spiro atoms. The van der Waals surface area contributed by atoms with Gasteiger partial charge in [-0.1, -0.05) is 31.1 Å². The zero-order valence-corrected chi connectivity index (χ0v) is 19.8. The van der Waals surface area contributed by atoms with E-state index in [0.29, 0.717) is 13.1 Å². The second-order valence-electron chi connectivity index (χ2n) is 9.50.